The molecule has 1 aromatic rings. The number of methoxy groups -OCH3 is 1. The summed E-state index contributed by atoms with van der Waals surface area (Å²) in [5, 5.41) is 3.40. The fraction of sp³-hybridized carbons (Fsp3) is 0.385. The van der Waals surface area contributed by atoms with E-state index in [9.17, 15) is 0 Å². The van der Waals surface area contributed by atoms with Crippen molar-refractivity contribution in [1.29, 1.82) is 0 Å². The van der Waals surface area contributed by atoms with E-state index in [1.807, 2.05) is 12.1 Å². The van der Waals surface area contributed by atoms with Gasteiger partial charge in [-0.15, -0.1) is 0 Å². The standard InChI is InChI=1S/C13H19NO/c1-15-11-7-3-6-10-14-12-13-8-4-2-5-9-13/h2,4-5,7-9,11,14H,3,6,10,12H2,1H3/b11-7+. The second-order valence-electron chi connectivity index (χ2n) is 3.41. The lowest BCUT2D eigenvalue weighted by Crippen LogP contribution is -2.14. The van der Waals surface area contributed by atoms with Gasteiger partial charge in [0.25, 0.3) is 0 Å². The SMILES string of the molecule is CO/C=C/CCCNCc1ccccc1. The Bertz CT molecular complexity index is 269. The zero-order valence-electron chi connectivity index (χ0n) is 9.28. The van der Waals surface area contributed by atoms with E-state index in [0.29, 0.717) is 0 Å². The smallest absolute Gasteiger partial charge is 0.0784 e. The zero-order valence-corrected chi connectivity index (χ0v) is 9.28. The van der Waals surface area contributed by atoms with Gasteiger partial charge in [-0.25, -0.2) is 0 Å². The molecule has 0 aliphatic heterocycles. The number of benzene rings is 1. The molecule has 0 aliphatic carbocycles. The lowest BCUT2D eigenvalue weighted by molar-refractivity contribution is 0.336. The molecule has 0 bridgehead atoms. The van der Waals surface area contributed by atoms with Gasteiger partial charge in [0.05, 0.1) is 13.4 Å². The van der Waals surface area contributed by atoms with Crippen LogP contribution in [0.2, 0.25) is 0 Å². The average Bonchev–Trinajstić information content (AvgIpc) is 2.29. The Balaban J connectivity index is 2.00. The van der Waals surface area contributed by atoms with Gasteiger partial charge in [-0.2, -0.15) is 0 Å². The minimum atomic E-state index is 0.953. The summed E-state index contributed by atoms with van der Waals surface area (Å²) in [4.78, 5) is 0. The number of allylic oxidation sites excluding steroid dienone is 1. The van der Waals surface area contributed by atoms with E-state index in [0.717, 1.165) is 25.9 Å². The molecule has 1 N–H and O–H groups in total. The Labute approximate surface area is 92.0 Å². The van der Waals surface area contributed by atoms with E-state index in [4.69, 9.17) is 4.74 Å². The van der Waals surface area contributed by atoms with Crippen LogP contribution >= 0.6 is 0 Å². The predicted molar refractivity (Wildman–Crippen MR) is 63.5 cm³/mol. The van der Waals surface area contributed by atoms with Crippen molar-refractivity contribution in [2.45, 2.75) is 19.4 Å². The summed E-state index contributed by atoms with van der Waals surface area (Å²) in [7, 11) is 1.67. The molecule has 0 radical (unpaired) electrons. The minimum absolute atomic E-state index is 0.953. The molecule has 0 amide bonds. The summed E-state index contributed by atoms with van der Waals surface area (Å²) in [6.07, 6.45) is 5.99. The molecule has 0 saturated carbocycles. The second kappa shape index (κ2) is 8.06. The van der Waals surface area contributed by atoms with Crippen molar-refractivity contribution in [3.63, 3.8) is 0 Å². The number of nitrogens with one attached hydrogen (secondary N) is 1. The molecule has 0 heterocycles. The molecule has 1 rings (SSSR count). The van der Waals surface area contributed by atoms with E-state index >= 15 is 0 Å². The van der Waals surface area contributed by atoms with Crippen LogP contribution in [0.1, 0.15) is 18.4 Å². The Morgan fingerprint density at radius 1 is 1.27 bits per heavy atom. The lowest BCUT2D eigenvalue weighted by Gasteiger charge is -2.03. The van der Waals surface area contributed by atoms with Crippen molar-refractivity contribution in [2.24, 2.45) is 0 Å². The normalized spacial score (nSPS) is 10.7. The first kappa shape index (κ1) is 11.8. The molecule has 1 aromatic carbocycles. The quantitative estimate of drug-likeness (QED) is 0.546. The van der Waals surface area contributed by atoms with E-state index in [2.05, 4.69) is 29.6 Å². The Morgan fingerprint density at radius 2 is 2.07 bits per heavy atom. The maximum absolute atomic E-state index is 4.82. The Morgan fingerprint density at radius 3 is 2.80 bits per heavy atom. The van der Waals surface area contributed by atoms with Crippen LogP contribution in [0.3, 0.4) is 0 Å². The van der Waals surface area contributed by atoms with Gasteiger partial charge in [0.15, 0.2) is 0 Å². The van der Waals surface area contributed by atoms with Crippen molar-refractivity contribution >= 4 is 0 Å². The van der Waals surface area contributed by atoms with E-state index in [1.54, 1.807) is 13.4 Å². The summed E-state index contributed by atoms with van der Waals surface area (Å²) in [5.74, 6) is 0. The largest absolute Gasteiger partial charge is 0.505 e. The highest BCUT2D eigenvalue weighted by Crippen LogP contribution is 1.97. The molecule has 2 nitrogen and oxygen atoms in total. The molecular weight excluding hydrogens is 186 g/mol. The highest BCUT2D eigenvalue weighted by atomic mass is 16.5. The summed E-state index contributed by atoms with van der Waals surface area (Å²) in [6, 6.07) is 10.4. The maximum atomic E-state index is 4.82. The molecule has 2 heteroatoms. The Hall–Kier alpha value is -1.28. The maximum Gasteiger partial charge on any atom is 0.0784 e. The predicted octanol–water partition coefficient (Wildman–Crippen LogP) is 2.72. The van der Waals surface area contributed by atoms with Crippen molar-refractivity contribution < 1.29 is 4.74 Å². The van der Waals surface area contributed by atoms with Crippen molar-refractivity contribution in [3.8, 4) is 0 Å². The van der Waals surface area contributed by atoms with Crippen LogP contribution in [0.25, 0.3) is 0 Å². The number of rotatable bonds is 7. The third-order valence-electron chi connectivity index (χ3n) is 2.13. The highest BCUT2D eigenvalue weighted by molar-refractivity contribution is 5.14. The van der Waals surface area contributed by atoms with E-state index < -0.39 is 0 Å². The second-order valence-corrected chi connectivity index (χ2v) is 3.41. The molecular formula is C13H19NO. The zero-order chi connectivity index (χ0) is 10.8. The fourth-order valence-electron chi connectivity index (χ4n) is 1.34. The van der Waals surface area contributed by atoms with Gasteiger partial charge in [0.2, 0.25) is 0 Å². The van der Waals surface area contributed by atoms with E-state index in [1.165, 1.54) is 5.56 Å². The summed E-state index contributed by atoms with van der Waals surface area (Å²) >= 11 is 0. The molecule has 0 spiro atoms. The number of unbranched alkanes of at least 4 members (excludes halogenated alkanes) is 1. The molecule has 0 unspecified atom stereocenters. The van der Waals surface area contributed by atoms with Crippen molar-refractivity contribution in [1.82, 2.24) is 5.32 Å². The van der Waals surface area contributed by atoms with Gasteiger partial charge in [-0.1, -0.05) is 30.3 Å². The van der Waals surface area contributed by atoms with Crippen LogP contribution in [0.4, 0.5) is 0 Å². The molecule has 0 aliphatic rings. The molecule has 0 atom stereocenters. The summed E-state index contributed by atoms with van der Waals surface area (Å²) in [6.45, 7) is 2.00. The van der Waals surface area contributed by atoms with Crippen LogP contribution in [0.15, 0.2) is 42.7 Å². The fourth-order valence-corrected chi connectivity index (χ4v) is 1.34. The third kappa shape index (κ3) is 5.92. The number of hydrogen-bond donors (Lipinski definition) is 1. The number of ether oxygens (including phenoxy) is 1. The van der Waals surface area contributed by atoms with Gasteiger partial charge < -0.3 is 10.1 Å². The van der Waals surface area contributed by atoms with E-state index in [-0.39, 0.29) is 0 Å². The third-order valence-corrected chi connectivity index (χ3v) is 2.13. The first-order chi connectivity index (χ1) is 7.43. The monoisotopic (exact) mass is 205 g/mol. The minimum Gasteiger partial charge on any atom is -0.505 e. The van der Waals surface area contributed by atoms with Crippen molar-refractivity contribution in [2.75, 3.05) is 13.7 Å². The molecule has 0 aromatic heterocycles. The average molecular weight is 205 g/mol. The van der Waals surface area contributed by atoms with Gasteiger partial charge >= 0.3 is 0 Å². The first-order valence-electron chi connectivity index (χ1n) is 5.36. The molecule has 0 fully saturated rings. The highest BCUT2D eigenvalue weighted by Gasteiger charge is 1.89. The van der Waals surface area contributed by atoms with Crippen LogP contribution in [0.5, 0.6) is 0 Å². The Kier molecular flexibility index (Phi) is 6.34. The van der Waals surface area contributed by atoms with Crippen LogP contribution in [0, 0.1) is 0 Å². The van der Waals surface area contributed by atoms with Crippen LogP contribution < -0.4 is 5.32 Å². The number of hydrogen-bond acceptors (Lipinski definition) is 2. The first-order valence-corrected chi connectivity index (χ1v) is 5.36. The summed E-state index contributed by atoms with van der Waals surface area (Å²) in [5.41, 5.74) is 1.34. The topological polar surface area (TPSA) is 21.3 Å². The van der Waals surface area contributed by atoms with Gasteiger partial charge in [0.1, 0.15) is 0 Å². The van der Waals surface area contributed by atoms with Crippen molar-refractivity contribution in [3.05, 3.63) is 48.2 Å². The molecule has 15 heavy (non-hydrogen) atoms. The molecule has 0 saturated heterocycles. The van der Waals surface area contributed by atoms with Gasteiger partial charge in [-0.05, 0) is 31.0 Å². The molecule has 82 valence electrons. The van der Waals surface area contributed by atoms with Crippen LogP contribution in [-0.4, -0.2) is 13.7 Å². The van der Waals surface area contributed by atoms with Gasteiger partial charge in [-0.3, -0.25) is 0 Å². The van der Waals surface area contributed by atoms with Crippen LogP contribution in [-0.2, 0) is 11.3 Å². The van der Waals surface area contributed by atoms with Gasteiger partial charge in [0, 0.05) is 6.54 Å². The summed E-state index contributed by atoms with van der Waals surface area (Å²) < 4.78 is 4.82. The lowest BCUT2D eigenvalue weighted by atomic mass is 10.2.